The molecule has 0 radical (unpaired) electrons. The Morgan fingerprint density at radius 1 is 1.07 bits per heavy atom. The Labute approximate surface area is 278 Å². The van der Waals surface area contributed by atoms with Crippen LogP contribution in [0.2, 0.25) is 5.02 Å². The first-order valence-electron chi connectivity index (χ1n) is 15.8. The molecule has 0 saturated heterocycles. The summed E-state index contributed by atoms with van der Waals surface area (Å²) in [5.41, 5.74) is 9.71. The van der Waals surface area contributed by atoms with E-state index in [0.29, 0.717) is 33.9 Å². The number of halogens is 1. The van der Waals surface area contributed by atoms with Crippen LogP contribution in [0, 0.1) is 24.7 Å². The monoisotopic (exact) mass is 639 g/mol. The van der Waals surface area contributed by atoms with E-state index < -0.39 is 10.8 Å². The van der Waals surface area contributed by atoms with E-state index >= 15 is 0 Å². The minimum Gasteiger partial charge on any atom is -0.469 e. The summed E-state index contributed by atoms with van der Waals surface area (Å²) in [6.07, 6.45) is 7.34. The first kappa shape index (κ1) is 41.8. The summed E-state index contributed by atoms with van der Waals surface area (Å²) in [6.45, 7) is 31.6. The number of aryl methyl sites for hydroxylation is 2. The van der Waals surface area contributed by atoms with Crippen molar-refractivity contribution in [1.29, 1.82) is 0 Å². The fourth-order valence-electron chi connectivity index (χ4n) is 4.86. The second-order valence-corrected chi connectivity index (χ2v) is 13.7. The highest BCUT2D eigenvalue weighted by molar-refractivity contribution is 6.30. The number of rotatable bonds is 11. The van der Waals surface area contributed by atoms with Crippen molar-refractivity contribution in [2.75, 3.05) is 5.73 Å². The summed E-state index contributed by atoms with van der Waals surface area (Å²) in [5.74, 6) is 0.884. The van der Waals surface area contributed by atoms with Crippen LogP contribution in [0.4, 0.5) is 5.82 Å². The molecule has 0 saturated carbocycles. The van der Waals surface area contributed by atoms with Crippen LogP contribution < -0.4 is 5.73 Å². The Bertz CT molecular complexity index is 1360. The molecule has 1 aromatic carbocycles. The molecular weight excluding hydrogens is 582 g/mol. The highest BCUT2D eigenvalue weighted by atomic mass is 35.5. The van der Waals surface area contributed by atoms with Crippen LogP contribution in [-0.2, 0) is 19.7 Å². The number of aromatic nitrogens is 2. The number of carbonyl (C=O) groups excluding carboxylic acids is 2. The molecule has 6 nitrogen and oxygen atoms in total. The maximum absolute atomic E-state index is 12.4. The van der Waals surface area contributed by atoms with E-state index in [-0.39, 0.29) is 17.4 Å². The highest BCUT2D eigenvalue weighted by Crippen LogP contribution is 2.37. The van der Waals surface area contributed by atoms with Gasteiger partial charge in [0.05, 0.1) is 6.26 Å². The molecule has 2 rings (SSSR count). The van der Waals surface area contributed by atoms with Crippen molar-refractivity contribution in [2.24, 2.45) is 10.8 Å². The molecule has 1 unspecified atom stereocenters. The molecule has 0 aliphatic carbocycles. The van der Waals surface area contributed by atoms with Gasteiger partial charge >= 0.3 is 0 Å². The van der Waals surface area contributed by atoms with Gasteiger partial charge in [-0.1, -0.05) is 92.1 Å². The lowest BCUT2D eigenvalue weighted by molar-refractivity contribution is -0.124. The van der Waals surface area contributed by atoms with E-state index in [0.717, 1.165) is 28.6 Å². The number of nitrogens with two attached hydrogens (primary N) is 1. The standard InChI is InChI=1S/C29H36ClN3O3.C7H16.C2H6/c1-10-23(24-12-11-22(30)13-18(24)3)27-32-19(4)25(26(31)33-27)29(9,16-34)21(6)36-15-17(2)14-28(7,8)20(5)35;1-5-6-7(2,3)4;1-2/h10-13,15-16H,6,14H2,1-5,7-9H3,(H2,31,32,33);5-6H2,1-4H3;1-2H3/b17-15+,23-10+;;. The summed E-state index contributed by atoms with van der Waals surface area (Å²) in [5, 5.41) is 0.646. The summed E-state index contributed by atoms with van der Waals surface area (Å²) in [7, 11) is 0. The van der Waals surface area contributed by atoms with E-state index in [1.807, 2.05) is 72.7 Å². The molecule has 0 aliphatic rings. The van der Waals surface area contributed by atoms with Crippen LogP contribution in [0.25, 0.3) is 5.57 Å². The Hall–Kier alpha value is -3.25. The summed E-state index contributed by atoms with van der Waals surface area (Å²) in [6, 6.07) is 5.61. The van der Waals surface area contributed by atoms with Gasteiger partial charge in [-0.25, -0.2) is 9.97 Å². The maximum Gasteiger partial charge on any atom is 0.162 e. The minimum atomic E-state index is -1.29. The molecule has 2 aromatic rings. The molecule has 0 amide bonds. The van der Waals surface area contributed by atoms with Gasteiger partial charge in [-0.15, -0.1) is 0 Å². The van der Waals surface area contributed by atoms with Gasteiger partial charge in [0.2, 0.25) is 0 Å². The SMILES string of the molecule is C=C(O/C=C(\C)CC(C)(C)C(C)=O)C(C)(C=O)c1c(C)nc(/C(=C/C)c2ccc(Cl)cc2C)nc1N.CC.CCCC(C)(C)C. The molecule has 7 heteroatoms. The van der Waals surface area contributed by atoms with Crippen LogP contribution in [0.15, 0.2) is 48.4 Å². The number of aldehydes is 1. The van der Waals surface area contributed by atoms with Crippen molar-refractivity contribution in [3.05, 3.63) is 81.7 Å². The smallest absolute Gasteiger partial charge is 0.162 e. The van der Waals surface area contributed by atoms with Crippen LogP contribution in [0.1, 0.15) is 131 Å². The van der Waals surface area contributed by atoms with Crippen LogP contribution in [0.5, 0.6) is 0 Å². The Balaban J connectivity index is 0.00000189. The third kappa shape index (κ3) is 12.2. The van der Waals surface area contributed by atoms with Gasteiger partial charge in [0.1, 0.15) is 29.1 Å². The lowest BCUT2D eigenvalue weighted by Crippen LogP contribution is -2.30. The number of Topliss-reactive ketones (excluding diaryl/α,β-unsaturated/α-hetero) is 1. The van der Waals surface area contributed by atoms with Crippen molar-refractivity contribution in [3.8, 4) is 0 Å². The normalized spacial score (nSPS) is 13.4. The summed E-state index contributed by atoms with van der Waals surface area (Å²) >= 11 is 6.13. The molecule has 45 heavy (non-hydrogen) atoms. The molecule has 0 aliphatic heterocycles. The molecule has 0 bridgehead atoms. The zero-order valence-electron chi connectivity index (χ0n) is 30.4. The van der Waals surface area contributed by atoms with Crippen molar-refractivity contribution in [2.45, 2.75) is 122 Å². The number of allylic oxidation sites excluding steroid dienone is 3. The molecular formula is C38H58ClN3O3. The van der Waals surface area contributed by atoms with E-state index in [9.17, 15) is 9.59 Å². The molecule has 1 heterocycles. The number of nitrogen functional groups attached to an aromatic ring is 1. The van der Waals surface area contributed by atoms with Gasteiger partial charge in [-0.05, 0) is 88.6 Å². The second kappa shape index (κ2) is 18.0. The van der Waals surface area contributed by atoms with Crippen molar-refractivity contribution in [3.63, 3.8) is 0 Å². The lowest BCUT2D eigenvalue weighted by Gasteiger charge is -2.28. The topological polar surface area (TPSA) is 95.2 Å². The van der Waals surface area contributed by atoms with Crippen LogP contribution in [0.3, 0.4) is 0 Å². The van der Waals surface area contributed by atoms with Gasteiger partial charge in [0, 0.05) is 27.3 Å². The van der Waals surface area contributed by atoms with Crippen molar-refractivity contribution >= 4 is 35.1 Å². The van der Waals surface area contributed by atoms with Gasteiger partial charge in [0.25, 0.3) is 0 Å². The van der Waals surface area contributed by atoms with E-state index in [1.165, 1.54) is 19.1 Å². The van der Waals surface area contributed by atoms with Crippen molar-refractivity contribution < 1.29 is 14.3 Å². The predicted octanol–water partition coefficient (Wildman–Crippen LogP) is 10.5. The van der Waals surface area contributed by atoms with Crippen molar-refractivity contribution in [1.82, 2.24) is 9.97 Å². The Morgan fingerprint density at radius 3 is 2.04 bits per heavy atom. The Kier molecular flexibility index (Phi) is 16.7. The first-order chi connectivity index (χ1) is 20.7. The first-order valence-corrected chi connectivity index (χ1v) is 16.2. The van der Waals surface area contributed by atoms with Gasteiger partial charge in [-0.2, -0.15) is 0 Å². The summed E-state index contributed by atoms with van der Waals surface area (Å²) in [4.78, 5) is 33.5. The summed E-state index contributed by atoms with van der Waals surface area (Å²) < 4.78 is 5.81. The zero-order chi connectivity index (χ0) is 35.3. The second-order valence-electron chi connectivity index (χ2n) is 13.3. The molecule has 250 valence electrons. The van der Waals surface area contributed by atoms with Gasteiger partial charge in [-0.3, -0.25) is 4.79 Å². The molecule has 2 N–H and O–H groups in total. The Morgan fingerprint density at radius 2 is 1.64 bits per heavy atom. The molecule has 1 aromatic heterocycles. The van der Waals surface area contributed by atoms with Gasteiger partial charge < -0.3 is 15.3 Å². The van der Waals surface area contributed by atoms with Crippen LogP contribution >= 0.6 is 11.6 Å². The third-order valence-corrected chi connectivity index (χ3v) is 7.77. The van der Waals surface area contributed by atoms with E-state index in [1.54, 1.807) is 20.8 Å². The molecule has 0 fully saturated rings. The number of ketones is 1. The van der Waals surface area contributed by atoms with E-state index in [2.05, 4.69) is 39.3 Å². The largest absolute Gasteiger partial charge is 0.469 e. The number of hydrogen-bond donors (Lipinski definition) is 1. The fraction of sp³-hybridized carbons (Fsp3) is 0.526. The lowest BCUT2D eigenvalue weighted by atomic mass is 9.81. The number of hydrogen-bond acceptors (Lipinski definition) is 6. The average Bonchev–Trinajstić information content (AvgIpc) is 2.93. The van der Waals surface area contributed by atoms with E-state index in [4.69, 9.17) is 27.1 Å². The third-order valence-electron chi connectivity index (χ3n) is 7.54. The number of ether oxygens (including phenoxy) is 1. The van der Waals surface area contributed by atoms with Gasteiger partial charge in [0.15, 0.2) is 5.82 Å². The molecule has 1 atom stereocenters. The molecule has 0 spiro atoms. The zero-order valence-corrected chi connectivity index (χ0v) is 31.1. The average molecular weight is 640 g/mol. The van der Waals surface area contributed by atoms with Crippen LogP contribution in [-0.4, -0.2) is 22.0 Å². The number of benzene rings is 1. The number of anilines is 1. The number of nitrogens with zero attached hydrogens (tertiary/aromatic N) is 2. The highest BCUT2D eigenvalue weighted by Gasteiger charge is 2.37. The predicted molar refractivity (Wildman–Crippen MR) is 192 cm³/mol. The maximum atomic E-state index is 12.4. The fourth-order valence-corrected chi connectivity index (χ4v) is 5.09. The number of carbonyl (C=O) groups is 2. The quantitative estimate of drug-likeness (QED) is 0.194. The minimum absolute atomic E-state index is 0.0849.